The number of unbranched alkanes of at least 4 members (excludes halogenated alkanes) is 1. The molecule has 0 saturated carbocycles. The molecule has 0 aromatic heterocycles. The van der Waals surface area contributed by atoms with E-state index in [4.69, 9.17) is 20.7 Å². The number of methoxy groups -OCH3 is 2. The van der Waals surface area contributed by atoms with Crippen LogP contribution in [0, 0.1) is 16.7 Å². The van der Waals surface area contributed by atoms with Gasteiger partial charge in [0, 0.05) is 17.0 Å². The number of quaternary nitrogens is 1. The van der Waals surface area contributed by atoms with Crippen LogP contribution in [0.1, 0.15) is 32.3 Å². The molecule has 1 atom stereocenters. The second-order valence-corrected chi connectivity index (χ2v) is 10.5. The van der Waals surface area contributed by atoms with Gasteiger partial charge in [0.25, 0.3) is 6.47 Å². The maximum absolute atomic E-state index is 13.5. The number of carbonyl (C=O) groups is 3. The van der Waals surface area contributed by atoms with Gasteiger partial charge in [-0.05, 0) is 37.6 Å². The quantitative estimate of drug-likeness (QED) is 0.116. The zero-order valence-electron chi connectivity index (χ0n) is 26.3. The smallest absolute Gasteiger partial charge is 0.416 e. The highest BCUT2D eigenvalue weighted by molar-refractivity contribution is 6.10. The Labute approximate surface area is 261 Å². The Hall–Kier alpha value is -4.90. The molecule has 1 aliphatic heterocycles. The molecular formula is C31H40F3N6O5+. The van der Waals surface area contributed by atoms with Crippen molar-refractivity contribution in [2.24, 2.45) is 5.73 Å². The van der Waals surface area contributed by atoms with E-state index in [2.05, 4.69) is 11.3 Å². The second kappa shape index (κ2) is 16.8. The summed E-state index contributed by atoms with van der Waals surface area (Å²) in [6.45, 7) is 8.50. The van der Waals surface area contributed by atoms with E-state index in [1.807, 2.05) is 27.1 Å². The molecule has 0 bridgehead atoms. The first kappa shape index (κ1) is 38.1. The molecule has 0 saturated heterocycles. The fraction of sp³-hybridized carbons (Fsp3) is 0.387. The van der Waals surface area contributed by atoms with Crippen LogP contribution >= 0.6 is 0 Å². The monoisotopic (exact) mass is 633 g/mol. The van der Waals surface area contributed by atoms with E-state index in [0.29, 0.717) is 16.5 Å². The molecule has 2 amide bonds. The number of carbonyl (C=O) groups excluding carboxylic acids is 3. The lowest BCUT2D eigenvalue weighted by Gasteiger charge is -2.44. The molecule has 45 heavy (non-hydrogen) atoms. The molecule has 244 valence electrons. The zero-order valence-corrected chi connectivity index (χ0v) is 26.3. The van der Waals surface area contributed by atoms with Crippen LogP contribution in [0.15, 0.2) is 71.5 Å². The number of halogens is 3. The predicted molar refractivity (Wildman–Crippen MR) is 163 cm³/mol. The van der Waals surface area contributed by atoms with Gasteiger partial charge in [0.2, 0.25) is 5.96 Å². The number of urea groups is 1. The van der Waals surface area contributed by atoms with Crippen molar-refractivity contribution >= 4 is 30.1 Å². The summed E-state index contributed by atoms with van der Waals surface area (Å²) in [7, 11) is 6.36. The van der Waals surface area contributed by atoms with E-state index in [0.717, 1.165) is 48.4 Å². The number of esters is 1. The van der Waals surface area contributed by atoms with Crippen molar-refractivity contribution in [3.63, 3.8) is 0 Å². The van der Waals surface area contributed by atoms with Crippen molar-refractivity contribution in [1.29, 1.82) is 10.7 Å². The summed E-state index contributed by atoms with van der Waals surface area (Å²) in [4.78, 5) is 37.1. The van der Waals surface area contributed by atoms with Gasteiger partial charge in [0.1, 0.15) is 12.6 Å². The van der Waals surface area contributed by atoms with Crippen LogP contribution in [0.5, 0.6) is 0 Å². The number of primary amides is 1. The first-order valence-electron chi connectivity index (χ1n) is 13.7. The average Bonchev–Trinajstić information content (AvgIpc) is 2.99. The summed E-state index contributed by atoms with van der Waals surface area (Å²) < 4.78 is 49.9. The Morgan fingerprint density at radius 2 is 1.87 bits per heavy atom. The first-order valence-corrected chi connectivity index (χ1v) is 13.7. The Kier molecular flexibility index (Phi) is 14.2. The number of ether oxygens (including phenoxy) is 2. The number of hydrogen-bond acceptors (Lipinski definition) is 7. The number of hydrogen-bond donors (Lipinski definition) is 2. The molecule has 0 fully saturated rings. The van der Waals surface area contributed by atoms with Crippen LogP contribution in [0.25, 0.3) is 0 Å². The van der Waals surface area contributed by atoms with Gasteiger partial charge in [-0.2, -0.15) is 18.4 Å². The third-order valence-corrected chi connectivity index (χ3v) is 6.77. The summed E-state index contributed by atoms with van der Waals surface area (Å²) >= 11 is 0. The number of allylic oxidation sites excluding steroid dienone is 5. The Bertz CT molecular complexity index is 1410. The standard InChI is InChI=1S/C29H35F3N6O3.C2H4O2/c1-7-9-15-38(4,5)18-21(14-13-20(8-2)17-33)25-24(26(39)41-6)19(3)36(27(34)37(25)28(35)40)23-12-10-11-22(16-23)29(30,31)32;1-4-2-3/h8,10-14,16,25,34H,2,7,9,15,18H2,1,3-6H3,(H-,35,40);2H,1H3/p+1/b20-13+,21-14+,34-27?;/t25-;/m1./s1. The van der Waals surface area contributed by atoms with Gasteiger partial charge in [-0.3, -0.25) is 20.0 Å². The van der Waals surface area contributed by atoms with Crippen LogP contribution in [-0.2, 0) is 25.2 Å². The Balaban J connectivity index is 0.00000238. The highest BCUT2D eigenvalue weighted by Crippen LogP contribution is 2.37. The van der Waals surface area contributed by atoms with Crippen LogP contribution < -0.4 is 10.6 Å². The molecule has 14 heteroatoms. The number of nitrogens with zero attached hydrogens (tertiary/aromatic N) is 4. The number of nitrogens with one attached hydrogen (secondary N) is 1. The SMILES string of the molecule is C=C/C(C#N)=C\C=C(/C[N+](C)(C)CCCC)[C@@H]1C(C(=O)OC)=C(C)N(c2cccc(C(F)(F)F)c2)C(=N)N1C(N)=O.COC=O. The minimum absolute atomic E-state index is 0.0849. The number of nitrogens with two attached hydrogens (primary N) is 1. The van der Waals surface area contributed by atoms with Crippen molar-refractivity contribution in [3.8, 4) is 6.07 Å². The van der Waals surface area contributed by atoms with Crippen molar-refractivity contribution in [2.75, 3.05) is 46.3 Å². The summed E-state index contributed by atoms with van der Waals surface area (Å²) in [5, 5.41) is 18.4. The highest BCUT2D eigenvalue weighted by Gasteiger charge is 2.45. The number of alkyl halides is 3. The average molecular weight is 634 g/mol. The largest absolute Gasteiger partial charge is 0.471 e. The van der Waals surface area contributed by atoms with E-state index in [1.165, 1.54) is 38.3 Å². The molecule has 11 nitrogen and oxygen atoms in total. The van der Waals surface area contributed by atoms with E-state index in [1.54, 1.807) is 6.08 Å². The van der Waals surface area contributed by atoms with Gasteiger partial charge in [0.15, 0.2) is 0 Å². The normalized spacial score (nSPS) is 15.9. The van der Waals surface area contributed by atoms with Crippen molar-refractivity contribution < 1.29 is 41.5 Å². The summed E-state index contributed by atoms with van der Waals surface area (Å²) in [5.41, 5.74) is 5.36. The fourth-order valence-electron chi connectivity index (χ4n) is 4.66. The number of amides is 2. The number of nitriles is 1. The molecule has 1 aromatic carbocycles. The number of likely N-dealkylation sites (N-methyl/N-ethyl adjacent to an activating group) is 1. The third-order valence-electron chi connectivity index (χ3n) is 6.77. The van der Waals surface area contributed by atoms with Gasteiger partial charge in [0.05, 0.1) is 57.6 Å². The molecular weight excluding hydrogens is 593 g/mol. The van der Waals surface area contributed by atoms with E-state index >= 15 is 0 Å². The van der Waals surface area contributed by atoms with Gasteiger partial charge < -0.3 is 19.7 Å². The number of anilines is 1. The number of benzene rings is 1. The summed E-state index contributed by atoms with van der Waals surface area (Å²) in [6.07, 6.45) is 1.54. The summed E-state index contributed by atoms with van der Waals surface area (Å²) in [6, 6.07) is 3.83. The van der Waals surface area contributed by atoms with Gasteiger partial charge in [-0.1, -0.05) is 38.1 Å². The van der Waals surface area contributed by atoms with E-state index in [-0.39, 0.29) is 29.1 Å². The van der Waals surface area contributed by atoms with Crippen molar-refractivity contribution in [3.05, 3.63) is 77.1 Å². The maximum atomic E-state index is 13.5. The molecule has 3 N–H and O–H groups in total. The van der Waals surface area contributed by atoms with Gasteiger partial charge in [-0.25, -0.2) is 9.59 Å². The molecule has 0 spiro atoms. The van der Waals surface area contributed by atoms with Crippen LogP contribution in [0.2, 0.25) is 0 Å². The lowest BCUT2D eigenvalue weighted by molar-refractivity contribution is -0.886. The van der Waals surface area contributed by atoms with Gasteiger partial charge >= 0.3 is 18.2 Å². The zero-order chi connectivity index (χ0) is 34.5. The Morgan fingerprint density at radius 3 is 2.33 bits per heavy atom. The fourth-order valence-corrected chi connectivity index (χ4v) is 4.66. The first-order chi connectivity index (χ1) is 21.0. The van der Waals surface area contributed by atoms with Crippen molar-refractivity contribution in [2.45, 2.75) is 38.9 Å². The molecule has 1 heterocycles. The molecule has 1 aromatic rings. The lowest BCUT2D eigenvalue weighted by Crippen LogP contribution is -2.60. The molecule has 2 rings (SSSR count). The molecule has 0 unspecified atom stereocenters. The predicted octanol–water partition coefficient (Wildman–Crippen LogP) is 4.88. The second-order valence-electron chi connectivity index (χ2n) is 10.5. The van der Waals surface area contributed by atoms with Crippen LogP contribution in [-0.4, -0.2) is 81.3 Å². The third kappa shape index (κ3) is 10.1. The minimum atomic E-state index is -4.67. The van der Waals surface area contributed by atoms with E-state index < -0.39 is 35.7 Å². The summed E-state index contributed by atoms with van der Waals surface area (Å²) in [5.74, 6) is -1.41. The number of rotatable bonds is 11. The lowest BCUT2D eigenvalue weighted by atomic mass is 9.91. The van der Waals surface area contributed by atoms with Crippen molar-refractivity contribution in [1.82, 2.24) is 4.90 Å². The molecule has 0 aliphatic carbocycles. The Morgan fingerprint density at radius 1 is 1.24 bits per heavy atom. The topological polar surface area (TPSA) is 150 Å². The van der Waals surface area contributed by atoms with Crippen LogP contribution in [0.4, 0.5) is 23.7 Å². The van der Waals surface area contributed by atoms with E-state index in [9.17, 15) is 28.0 Å². The minimum Gasteiger partial charge on any atom is -0.471 e. The maximum Gasteiger partial charge on any atom is 0.416 e. The molecule has 0 radical (unpaired) electrons. The van der Waals surface area contributed by atoms with Crippen LogP contribution in [0.3, 0.4) is 0 Å². The highest BCUT2D eigenvalue weighted by atomic mass is 19.4. The molecule has 1 aliphatic rings. The number of guanidine groups is 1. The van der Waals surface area contributed by atoms with Gasteiger partial charge in [-0.15, -0.1) is 0 Å².